The topological polar surface area (TPSA) is 42.3 Å². The highest BCUT2D eigenvalue weighted by Gasteiger charge is 2.17. The summed E-state index contributed by atoms with van der Waals surface area (Å²) in [5.41, 5.74) is 0.884. The molecule has 0 spiro atoms. The molecule has 1 aromatic rings. The van der Waals surface area contributed by atoms with E-state index in [9.17, 15) is 4.21 Å². The summed E-state index contributed by atoms with van der Waals surface area (Å²) in [6.07, 6.45) is 3.28. The third kappa shape index (κ3) is 4.22. The van der Waals surface area contributed by atoms with E-state index in [1.54, 1.807) is 12.4 Å². The molecule has 0 radical (unpaired) electrons. The Hall–Kier alpha value is -0.550. The van der Waals surface area contributed by atoms with Crippen LogP contribution >= 0.6 is 15.9 Å². The average molecular weight is 289 g/mol. The molecule has 3 nitrogen and oxygen atoms in total. The SMILES string of the molecule is CC(C)(C)[S@@](=O)/N=C/c1ccnc(Br)c1. The van der Waals surface area contributed by atoms with Crippen LogP contribution in [0, 0.1) is 0 Å². The molecule has 5 heteroatoms. The van der Waals surface area contributed by atoms with E-state index in [1.165, 1.54) is 0 Å². The monoisotopic (exact) mass is 288 g/mol. The Kier molecular flexibility index (Phi) is 4.16. The van der Waals surface area contributed by atoms with Gasteiger partial charge in [-0.15, -0.1) is 0 Å². The summed E-state index contributed by atoms with van der Waals surface area (Å²) >= 11 is 3.26. The van der Waals surface area contributed by atoms with Gasteiger partial charge in [-0.2, -0.15) is 4.40 Å². The van der Waals surface area contributed by atoms with Crippen LogP contribution in [0.15, 0.2) is 27.3 Å². The standard InChI is InChI=1S/C10H13BrN2OS/c1-10(2,3)15(14)13-7-8-4-5-12-9(11)6-8/h4-7H,1-3H3/b13-7+/t15-/m1/s1. The van der Waals surface area contributed by atoms with Crippen LogP contribution < -0.4 is 0 Å². The lowest BCUT2D eigenvalue weighted by molar-refractivity contribution is 0.651. The maximum Gasteiger partial charge on any atom is 0.144 e. The molecule has 0 amide bonds. The predicted molar refractivity (Wildman–Crippen MR) is 67.4 cm³/mol. The van der Waals surface area contributed by atoms with Crippen molar-refractivity contribution < 1.29 is 4.21 Å². The Morgan fingerprint density at radius 1 is 1.53 bits per heavy atom. The second-order valence-electron chi connectivity index (χ2n) is 4.01. The third-order valence-electron chi connectivity index (χ3n) is 1.57. The van der Waals surface area contributed by atoms with Crippen LogP contribution in [0.1, 0.15) is 26.3 Å². The van der Waals surface area contributed by atoms with Crippen molar-refractivity contribution in [1.82, 2.24) is 4.98 Å². The smallest absolute Gasteiger partial charge is 0.144 e. The van der Waals surface area contributed by atoms with Gasteiger partial charge in [0.2, 0.25) is 0 Å². The molecule has 15 heavy (non-hydrogen) atoms. The number of hydrogen-bond donors (Lipinski definition) is 0. The van der Waals surface area contributed by atoms with Crippen molar-refractivity contribution in [1.29, 1.82) is 0 Å². The molecule has 1 aromatic heterocycles. The van der Waals surface area contributed by atoms with E-state index >= 15 is 0 Å². The van der Waals surface area contributed by atoms with Gasteiger partial charge in [0, 0.05) is 12.4 Å². The Balaban J connectivity index is 2.79. The van der Waals surface area contributed by atoms with E-state index in [-0.39, 0.29) is 4.75 Å². The number of nitrogens with zero attached hydrogens (tertiary/aromatic N) is 2. The molecule has 1 atom stereocenters. The molecule has 0 fully saturated rings. The maximum atomic E-state index is 11.6. The number of hydrogen-bond acceptors (Lipinski definition) is 2. The molecule has 82 valence electrons. The summed E-state index contributed by atoms with van der Waals surface area (Å²) in [6, 6.07) is 3.64. The van der Waals surface area contributed by atoms with Gasteiger partial charge in [-0.3, -0.25) is 0 Å². The van der Waals surface area contributed by atoms with Crippen LogP contribution in [-0.2, 0) is 11.0 Å². The molecule has 0 N–H and O–H groups in total. The summed E-state index contributed by atoms with van der Waals surface area (Å²) in [6.45, 7) is 5.68. The number of pyridine rings is 1. The van der Waals surface area contributed by atoms with Crippen molar-refractivity contribution in [2.24, 2.45) is 4.40 Å². The zero-order valence-corrected chi connectivity index (χ0v) is 11.3. The first-order chi connectivity index (χ1) is 6.89. The van der Waals surface area contributed by atoms with Crippen molar-refractivity contribution in [2.45, 2.75) is 25.5 Å². The van der Waals surface area contributed by atoms with Gasteiger partial charge in [0.25, 0.3) is 0 Å². The van der Waals surface area contributed by atoms with Gasteiger partial charge < -0.3 is 0 Å². The van der Waals surface area contributed by atoms with Gasteiger partial charge in [0.05, 0.1) is 4.75 Å². The molecular formula is C10H13BrN2OS. The number of rotatable bonds is 2. The van der Waals surface area contributed by atoms with Crippen molar-refractivity contribution in [3.05, 3.63) is 28.5 Å². The first-order valence-corrected chi connectivity index (χ1v) is 6.37. The maximum absolute atomic E-state index is 11.6. The first-order valence-electron chi connectivity index (χ1n) is 4.47. The van der Waals surface area contributed by atoms with Crippen LogP contribution in [0.3, 0.4) is 0 Å². The molecule has 0 aliphatic rings. The Morgan fingerprint density at radius 2 is 2.20 bits per heavy atom. The van der Waals surface area contributed by atoms with E-state index in [1.807, 2.05) is 32.9 Å². The first kappa shape index (κ1) is 12.5. The van der Waals surface area contributed by atoms with Crippen LogP contribution in [0.2, 0.25) is 0 Å². The molecule has 1 rings (SSSR count). The minimum absolute atomic E-state index is 0.319. The minimum atomic E-state index is -1.21. The highest BCUT2D eigenvalue weighted by atomic mass is 79.9. The normalized spacial score (nSPS) is 14.4. The fourth-order valence-electron chi connectivity index (χ4n) is 0.765. The quantitative estimate of drug-likeness (QED) is 0.620. The van der Waals surface area contributed by atoms with Crippen LogP contribution in [0.4, 0.5) is 0 Å². The zero-order chi connectivity index (χ0) is 11.5. The van der Waals surface area contributed by atoms with Gasteiger partial charge in [-0.05, 0) is 54.4 Å². The van der Waals surface area contributed by atoms with E-state index in [4.69, 9.17) is 0 Å². The summed E-state index contributed by atoms with van der Waals surface area (Å²) in [4.78, 5) is 3.99. The second kappa shape index (κ2) is 4.99. The summed E-state index contributed by atoms with van der Waals surface area (Å²) in [5.74, 6) is 0. The molecule has 0 saturated carbocycles. The van der Waals surface area contributed by atoms with Gasteiger partial charge in [-0.25, -0.2) is 9.19 Å². The lowest BCUT2D eigenvalue weighted by Gasteiger charge is -2.12. The van der Waals surface area contributed by atoms with Crippen LogP contribution in [-0.4, -0.2) is 20.2 Å². The van der Waals surface area contributed by atoms with Gasteiger partial charge >= 0.3 is 0 Å². The largest absolute Gasteiger partial charge is 0.249 e. The van der Waals surface area contributed by atoms with Crippen molar-refractivity contribution in [2.75, 3.05) is 0 Å². The van der Waals surface area contributed by atoms with E-state index in [0.29, 0.717) is 0 Å². The average Bonchev–Trinajstić information content (AvgIpc) is 2.12. The van der Waals surface area contributed by atoms with Crippen LogP contribution in [0.25, 0.3) is 0 Å². The van der Waals surface area contributed by atoms with Crippen molar-refractivity contribution in [3.8, 4) is 0 Å². The second-order valence-corrected chi connectivity index (χ2v) is 6.75. The molecule has 0 aliphatic carbocycles. The van der Waals surface area contributed by atoms with Gasteiger partial charge in [0.15, 0.2) is 0 Å². The third-order valence-corrected chi connectivity index (χ3v) is 3.35. The Bertz CT molecular complexity index is 399. The highest BCUT2D eigenvalue weighted by Crippen LogP contribution is 2.12. The molecular weight excluding hydrogens is 276 g/mol. The van der Waals surface area contributed by atoms with E-state index in [0.717, 1.165) is 10.2 Å². The molecule has 0 aromatic carbocycles. The minimum Gasteiger partial charge on any atom is -0.249 e. The number of halogens is 1. The lowest BCUT2D eigenvalue weighted by Crippen LogP contribution is -2.19. The van der Waals surface area contributed by atoms with Gasteiger partial charge in [0.1, 0.15) is 15.6 Å². The Labute approximate surface area is 101 Å². The molecule has 0 bridgehead atoms. The van der Waals surface area contributed by atoms with E-state index in [2.05, 4.69) is 25.3 Å². The molecule has 0 aliphatic heterocycles. The number of aromatic nitrogens is 1. The predicted octanol–water partition coefficient (Wildman–Crippen LogP) is 2.73. The zero-order valence-electron chi connectivity index (χ0n) is 8.90. The fraction of sp³-hybridized carbons (Fsp3) is 0.400. The lowest BCUT2D eigenvalue weighted by atomic mass is 10.3. The highest BCUT2D eigenvalue weighted by molar-refractivity contribution is 9.10. The summed E-state index contributed by atoms with van der Waals surface area (Å²) in [7, 11) is -1.21. The fourth-order valence-corrected chi connectivity index (χ4v) is 1.68. The Morgan fingerprint density at radius 3 is 2.73 bits per heavy atom. The van der Waals surface area contributed by atoms with E-state index < -0.39 is 11.0 Å². The van der Waals surface area contributed by atoms with Crippen molar-refractivity contribution >= 4 is 33.1 Å². The van der Waals surface area contributed by atoms with Gasteiger partial charge in [-0.1, -0.05) is 0 Å². The summed E-state index contributed by atoms with van der Waals surface area (Å²) < 4.78 is 16.0. The summed E-state index contributed by atoms with van der Waals surface area (Å²) in [5, 5.41) is 0. The van der Waals surface area contributed by atoms with Crippen LogP contribution in [0.5, 0.6) is 0 Å². The molecule has 0 unspecified atom stereocenters. The molecule has 1 heterocycles. The molecule has 0 saturated heterocycles. The van der Waals surface area contributed by atoms with Crippen molar-refractivity contribution in [3.63, 3.8) is 0 Å².